The Kier molecular flexibility index (Phi) is 7.59. The normalized spacial score (nSPS) is 14.5. The minimum atomic E-state index is -0.989. The van der Waals surface area contributed by atoms with E-state index in [1.807, 2.05) is 54.6 Å². The Morgan fingerprint density at radius 3 is 2.43 bits per heavy atom. The molecule has 190 valence electrons. The molecule has 0 aliphatic carbocycles. The zero-order valence-electron chi connectivity index (χ0n) is 20.2. The third-order valence-corrected chi connectivity index (χ3v) is 5.74. The van der Waals surface area contributed by atoms with Crippen molar-refractivity contribution in [3.05, 3.63) is 107 Å². The summed E-state index contributed by atoms with van der Waals surface area (Å²) in [5.41, 5.74) is 8.63. The van der Waals surface area contributed by atoms with Crippen LogP contribution in [0.5, 0.6) is 0 Å². The second kappa shape index (κ2) is 11.0. The number of nitrogens with two attached hydrogens (primary N) is 1. The fourth-order valence-electron chi connectivity index (χ4n) is 3.89. The van der Waals surface area contributed by atoms with E-state index in [1.165, 1.54) is 0 Å². The molecule has 0 radical (unpaired) electrons. The summed E-state index contributed by atoms with van der Waals surface area (Å²) in [5, 5.41) is 22.3. The highest BCUT2D eigenvalue weighted by molar-refractivity contribution is 6.16. The van der Waals surface area contributed by atoms with Crippen molar-refractivity contribution in [3.63, 3.8) is 0 Å². The maximum atomic E-state index is 14.7. The van der Waals surface area contributed by atoms with Crippen molar-refractivity contribution < 1.29 is 13.5 Å². The lowest BCUT2D eigenvalue weighted by Crippen LogP contribution is -2.38. The number of rotatable bonds is 6. The van der Waals surface area contributed by atoms with Crippen LogP contribution in [0.25, 0.3) is 0 Å². The van der Waals surface area contributed by atoms with Crippen molar-refractivity contribution in [1.29, 1.82) is 10.8 Å². The predicted molar refractivity (Wildman–Crippen MR) is 143 cm³/mol. The molecule has 1 aliphatic heterocycles. The quantitative estimate of drug-likeness (QED) is 0.257. The summed E-state index contributed by atoms with van der Waals surface area (Å²) in [5.74, 6) is -2.84. The first-order chi connectivity index (χ1) is 17.8. The van der Waals surface area contributed by atoms with E-state index >= 15 is 0 Å². The van der Waals surface area contributed by atoms with Crippen molar-refractivity contribution in [2.24, 2.45) is 10.7 Å². The van der Waals surface area contributed by atoms with Crippen LogP contribution in [0.2, 0.25) is 0 Å². The zero-order valence-corrected chi connectivity index (χ0v) is 20.2. The van der Waals surface area contributed by atoms with Crippen LogP contribution >= 0.6 is 0 Å². The Balaban J connectivity index is 1.56. The molecule has 8 nitrogen and oxygen atoms in total. The number of benzene rings is 3. The fourth-order valence-corrected chi connectivity index (χ4v) is 3.89. The molecule has 1 atom stereocenters. The molecule has 0 spiro atoms. The summed E-state index contributed by atoms with van der Waals surface area (Å²) >= 11 is 0. The average molecular weight is 504 g/mol. The Labute approximate surface area is 213 Å². The number of hydrogen-bond donors (Lipinski definition) is 5. The Hall–Kier alpha value is -4.57. The number of benzodiazepines with no additional fused rings is 1. The molecule has 3 aromatic rings. The first kappa shape index (κ1) is 25.5. The molecule has 0 amide bonds. The highest BCUT2D eigenvalue weighted by Crippen LogP contribution is 2.26. The van der Waals surface area contributed by atoms with Crippen LogP contribution in [0.1, 0.15) is 16.7 Å². The molecule has 4 rings (SSSR count). The van der Waals surface area contributed by atoms with Gasteiger partial charge in [0.2, 0.25) is 5.90 Å². The summed E-state index contributed by atoms with van der Waals surface area (Å²) < 4.78 is 34.6. The van der Waals surface area contributed by atoms with Crippen LogP contribution in [-0.4, -0.2) is 43.9 Å². The Morgan fingerprint density at radius 1 is 1.11 bits per heavy atom. The van der Waals surface area contributed by atoms with E-state index < -0.39 is 35.3 Å². The highest BCUT2D eigenvalue weighted by atomic mass is 19.1. The summed E-state index contributed by atoms with van der Waals surface area (Å²) in [6.45, 7) is 4.73. The van der Waals surface area contributed by atoms with Crippen LogP contribution in [0.4, 0.5) is 20.2 Å². The molecule has 0 fully saturated rings. The maximum absolute atomic E-state index is 14.7. The van der Waals surface area contributed by atoms with Gasteiger partial charge in [-0.05, 0) is 18.2 Å². The lowest BCUT2D eigenvalue weighted by molar-refractivity contribution is 0.476. The van der Waals surface area contributed by atoms with Crippen LogP contribution < -0.4 is 21.3 Å². The number of para-hydroxylation sites is 1. The number of fused-ring (bicyclic) bond motifs is 1. The van der Waals surface area contributed by atoms with Gasteiger partial charge in [-0.25, -0.2) is 8.78 Å². The molecule has 0 aromatic heterocycles. The van der Waals surface area contributed by atoms with Gasteiger partial charge in [0.25, 0.3) is 6.02 Å². The number of halogens is 2. The number of hydrogen-bond acceptors (Lipinski definition) is 7. The number of aliphatic imine (C=N–C) groups is 1. The minimum absolute atomic E-state index is 0.272. The molecule has 1 aliphatic rings. The van der Waals surface area contributed by atoms with E-state index in [2.05, 4.69) is 17.2 Å². The van der Waals surface area contributed by atoms with Gasteiger partial charge in [0.1, 0.15) is 17.2 Å². The van der Waals surface area contributed by atoms with E-state index in [1.54, 1.807) is 11.9 Å². The molecule has 0 saturated carbocycles. The summed E-state index contributed by atoms with van der Waals surface area (Å²) in [7, 11) is 1.65. The summed E-state index contributed by atoms with van der Waals surface area (Å²) in [6, 6.07) is 18.7. The topological polar surface area (TPSA) is 123 Å². The van der Waals surface area contributed by atoms with E-state index in [9.17, 15) is 8.78 Å². The van der Waals surface area contributed by atoms with Crippen LogP contribution in [-0.2, 0) is 4.74 Å². The third-order valence-electron chi connectivity index (χ3n) is 5.74. The molecule has 0 saturated heterocycles. The van der Waals surface area contributed by atoms with Gasteiger partial charge in [0, 0.05) is 42.6 Å². The Bertz CT molecular complexity index is 1350. The molecule has 6 N–H and O–H groups in total. The Morgan fingerprint density at radius 2 is 1.76 bits per heavy atom. The fraction of sp³-hybridized carbons (Fsp3) is 0.148. The van der Waals surface area contributed by atoms with Crippen molar-refractivity contribution in [1.82, 2.24) is 5.32 Å². The number of anilines is 2. The monoisotopic (exact) mass is 503 g/mol. The van der Waals surface area contributed by atoms with Gasteiger partial charge in [0.05, 0.1) is 11.4 Å². The molecule has 0 bridgehead atoms. The number of amidine groups is 1. The van der Waals surface area contributed by atoms with Gasteiger partial charge in [-0.1, -0.05) is 55.1 Å². The maximum Gasteiger partial charge on any atom is 0.290 e. The van der Waals surface area contributed by atoms with Crippen LogP contribution in [0.15, 0.2) is 84.0 Å². The molecule has 3 aromatic carbocycles. The van der Waals surface area contributed by atoms with Crippen molar-refractivity contribution in [3.8, 4) is 0 Å². The van der Waals surface area contributed by atoms with Gasteiger partial charge < -0.3 is 26.0 Å². The van der Waals surface area contributed by atoms with Gasteiger partial charge in [-0.2, -0.15) is 0 Å². The lowest BCUT2D eigenvalue weighted by Gasteiger charge is -2.20. The number of nitrogens with one attached hydrogen (secondary N) is 4. The van der Waals surface area contributed by atoms with Gasteiger partial charge >= 0.3 is 0 Å². The molecule has 1 heterocycles. The minimum Gasteiger partial charge on any atom is -0.407 e. The first-order valence-electron chi connectivity index (χ1n) is 11.5. The van der Waals surface area contributed by atoms with Gasteiger partial charge in [-0.3, -0.25) is 15.8 Å². The van der Waals surface area contributed by atoms with E-state index in [0.29, 0.717) is 24.5 Å². The molecular formula is C27H27F2N7O. The lowest BCUT2D eigenvalue weighted by atomic mass is 10.0. The van der Waals surface area contributed by atoms with E-state index in [4.69, 9.17) is 26.3 Å². The van der Waals surface area contributed by atoms with Crippen molar-refractivity contribution in [2.45, 2.75) is 6.17 Å². The van der Waals surface area contributed by atoms with Crippen molar-refractivity contribution >= 4 is 29.0 Å². The second-order valence-electron chi connectivity index (χ2n) is 8.34. The molecule has 37 heavy (non-hydrogen) atoms. The second-order valence-corrected chi connectivity index (χ2v) is 8.34. The number of likely N-dealkylation sites (N-methyl/N-ethyl adjacent to an activating group) is 1. The van der Waals surface area contributed by atoms with E-state index in [-0.39, 0.29) is 5.69 Å². The van der Waals surface area contributed by atoms with Crippen LogP contribution in [0, 0.1) is 22.5 Å². The van der Waals surface area contributed by atoms with Gasteiger partial charge in [-0.15, -0.1) is 0 Å². The first-order valence-corrected chi connectivity index (χ1v) is 11.5. The van der Waals surface area contributed by atoms with E-state index in [0.717, 1.165) is 28.9 Å². The van der Waals surface area contributed by atoms with Crippen LogP contribution in [0.3, 0.4) is 0 Å². The highest BCUT2D eigenvalue weighted by Gasteiger charge is 2.25. The molecular weight excluding hydrogens is 476 g/mol. The van der Waals surface area contributed by atoms with Gasteiger partial charge in [0.15, 0.2) is 6.17 Å². The standard InChI is InChI=1S/C27H27F2N7O/c1-16-26(34-24(17-8-4-3-5-9-17)19-10-6-7-11-22(19)33-16)35-27(32)37-25(31)23-20(28)14-18(15-21(23)29)36(2)13-12-30/h3-11,14-15,26,31,33H,1,12-13,30H2,2H3,(H2,32,35). The summed E-state index contributed by atoms with van der Waals surface area (Å²) in [4.78, 5) is 6.35. The smallest absolute Gasteiger partial charge is 0.290 e. The number of ether oxygens (including phenoxy) is 1. The largest absolute Gasteiger partial charge is 0.407 e. The average Bonchev–Trinajstić information content (AvgIpc) is 3.00. The third kappa shape index (κ3) is 5.65. The van der Waals surface area contributed by atoms with Crippen molar-refractivity contribution in [2.75, 3.05) is 30.4 Å². The molecule has 10 heteroatoms. The SMILES string of the molecule is C=C1Nc2ccccc2C(c2ccccc2)=NC1NC(=N)OC(=N)c1c(F)cc(N(C)CCN)cc1F. The number of nitrogens with zero attached hydrogens (tertiary/aromatic N) is 2. The molecule has 1 unspecified atom stereocenters. The summed E-state index contributed by atoms with van der Waals surface area (Å²) in [6.07, 6.45) is -0.870. The zero-order chi connectivity index (χ0) is 26.5. The predicted octanol–water partition coefficient (Wildman–Crippen LogP) is 4.03.